The van der Waals surface area contributed by atoms with Crippen LogP contribution in [0.4, 0.5) is 0 Å². The maximum atomic E-state index is 5.83. The third-order valence-electron chi connectivity index (χ3n) is 4.07. The number of aryl methyl sites for hydroxylation is 2. The summed E-state index contributed by atoms with van der Waals surface area (Å²) in [4.78, 5) is 7.13. The van der Waals surface area contributed by atoms with Crippen LogP contribution in [0.3, 0.4) is 0 Å². The topological polar surface area (TPSA) is 61.8 Å². The lowest BCUT2D eigenvalue weighted by molar-refractivity contribution is 0.355. The van der Waals surface area contributed by atoms with Crippen molar-refractivity contribution in [2.75, 3.05) is 20.8 Å². The van der Waals surface area contributed by atoms with E-state index in [1.54, 1.807) is 25.6 Å². The van der Waals surface area contributed by atoms with Crippen molar-refractivity contribution in [1.82, 2.24) is 9.38 Å². The fourth-order valence-corrected chi connectivity index (χ4v) is 3.78. The number of methoxy groups -OCH3 is 2. The van der Waals surface area contributed by atoms with Crippen LogP contribution in [0, 0.1) is 13.8 Å². The average molecular weight is 331 g/mol. The Balaban J connectivity index is 2.21. The molecule has 0 aliphatic rings. The molecule has 122 valence electrons. The molecule has 0 radical (unpaired) electrons. The highest BCUT2D eigenvalue weighted by Crippen LogP contribution is 2.35. The molecule has 3 rings (SSSR count). The minimum absolute atomic E-state index is 0.586. The summed E-state index contributed by atoms with van der Waals surface area (Å²) >= 11 is 1.71. The molecule has 2 N–H and O–H groups in total. The highest BCUT2D eigenvalue weighted by molar-refractivity contribution is 7.17. The SMILES string of the molecule is COc1ccc(-c2nc3sc(C)c(C)n3c2CCN)cc1OC. The molecule has 3 aromatic rings. The number of nitrogens with zero attached hydrogens (tertiary/aromatic N) is 2. The zero-order valence-electron chi connectivity index (χ0n) is 13.8. The molecule has 5 nitrogen and oxygen atoms in total. The second-order valence-corrected chi connectivity index (χ2v) is 6.56. The molecule has 0 unspecified atom stereocenters. The molecule has 0 spiro atoms. The molecule has 2 aromatic heterocycles. The Bertz CT molecular complexity index is 851. The summed E-state index contributed by atoms with van der Waals surface area (Å²) in [5.41, 5.74) is 10.2. The van der Waals surface area contributed by atoms with E-state index in [0.29, 0.717) is 18.0 Å². The van der Waals surface area contributed by atoms with Gasteiger partial charge in [-0.05, 0) is 38.6 Å². The first-order valence-electron chi connectivity index (χ1n) is 7.50. The van der Waals surface area contributed by atoms with Gasteiger partial charge in [-0.15, -0.1) is 11.3 Å². The minimum Gasteiger partial charge on any atom is -0.493 e. The van der Waals surface area contributed by atoms with Crippen LogP contribution in [0.5, 0.6) is 11.5 Å². The number of thiazole rings is 1. The summed E-state index contributed by atoms with van der Waals surface area (Å²) in [6.07, 6.45) is 0.780. The first-order valence-corrected chi connectivity index (χ1v) is 8.32. The molecule has 0 aliphatic heterocycles. The molecular formula is C17H21N3O2S. The van der Waals surface area contributed by atoms with Crippen LogP contribution in [-0.2, 0) is 6.42 Å². The van der Waals surface area contributed by atoms with Crippen LogP contribution in [0.25, 0.3) is 16.2 Å². The number of fused-ring (bicyclic) bond motifs is 1. The van der Waals surface area contributed by atoms with Gasteiger partial charge in [0.15, 0.2) is 16.5 Å². The van der Waals surface area contributed by atoms with E-state index in [-0.39, 0.29) is 0 Å². The number of rotatable bonds is 5. The van der Waals surface area contributed by atoms with E-state index in [1.807, 2.05) is 18.2 Å². The number of hydrogen-bond donors (Lipinski definition) is 1. The molecule has 0 atom stereocenters. The maximum Gasteiger partial charge on any atom is 0.194 e. The lowest BCUT2D eigenvalue weighted by Crippen LogP contribution is -2.07. The molecule has 0 fully saturated rings. The first-order chi connectivity index (χ1) is 11.1. The van der Waals surface area contributed by atoms with Crippen LogP contribution < -0.4 is 15.2 Å². The van der Waals surface area contributed by atoms with Crippen LogP contribution in [0.15, 0.2) is 18.2 Å². The van der Waals surface area contributed by atoms with Gasteiger partial charge in [0.25, 0.3) is 0 Å². The Morgan fingerprint density at radius 1 is 1.17 bits per heavy atom. The first kappa shape index (κ1) is 15.8. The second kappa shape index (κ2) is 6.22. The van der Waals surface area contributed by atoms with Crippen molar-refractivity contribution in [2.24, 2.45) is 5.73 Å². The average Bonchev–Trinajstić information content (AvgIpc) is 3.04. The van der Waals surface area contributed by atoms with Gasteiger partial charge in [-0.2, -0.15) is 0 Å². The van der Waals surface area contributed by atoms with Gasteiger partial charge in [0.05, 0.1) is 25.6 Å². The second-order valence-electron chi connectivity index (χ2n) is 5.38. The van der Waals surface area contributed by atoms with E-state index in [4.69, 9.17) is 20.2 Å². The molecule has 0 amide bonds. The fraction of sp³-hybridized carbons (Fsp3) is 0.353. The third kappa shape index (κ3) is 2.58. The van der Waals surface area contributed by atoms with Gasteiger partial charge in [0, 0.05) is 22.6 Å². The van der Waals surface area contributed by atoms with E-state index >= 15 is 0 Å². The zero-order chi connectivity index (χ0) is 16.6. The van der Waals surface area contributed by atoms with E-state index < -0.39 is 0 Å². The van der Waals surface area contributed by atoms with Gasteiger partial charge in [-0.25, -0.2) is 4.98 Å². The standard InChI is InChI=1S/C17H21N3O2S/c1-10-11(2)23-17-19-16(13(7-8-18)20(10)17)12-5-6-14(21-3)15(9-12)22-4/h5-6,9H,7-8,18H2,1-4H3. The smallest absolute Gasteiger partial charge is 0.194 e. The number of hydrogen-bond acceptors (Lipinski definition) is 5. The molecule has 6 heteroatoms. The summed E-state index contributed by atoms with van der Waals surface area (Å²) in [5, 5.41) is 0. The van der Waals surface area contributed by atoms with Crippen molar-refractivity contribution >= 4 is 16.3 Å². The van der Waals surface area contributed by atoms with Gasteiger partial charge in [-0.3, -0.25) is 4.40 Å². The van der Waals surface area contributed by atoms with Crippen molar-refractivity contribution in [1.29, 1.82) is 0 Å². The van der Waals surface area contributed by atoms with Crippen molar-refractivity contribution in [3.63, 3.8) is 0 Å². The van der Waals surface area contributed by atoms with Crippen LogP contribution in [0.1, 0.15) is 16.3 Å². The van der Waals surface area contributed by atoms with Crippen molar-refractivity contribution in [3.8, 4) is 22.8 Å². The highest BCUT2D eigenvalue weighted by Gasteiger charge is 2.19. The molecule has 23 heavy (non-hydrogen) atoms. The number of aromatic nitrogens is 2. The summed E-state index contributed by atoms with van der Waals surface area (Å²) in [7, 11) is 3.28. The van der Waals surface area contributed by atoms with Gasteiger partial charge in [0.2, 0.25) is 0 Å². The monoisotopic (exact) mass is 331 g/mol. The van der Waals surface area contributed by atoms with E-state index in [2.05, 4.69) is 18.2 Å². The Labute approximate surface area is 139 Å². The van der Waals surface area contributed by atoms with Crippen LogP contribution in [0.2, 0.25) is 0 Å². The zero-order valence-corrected chi connectivity index (χ0v) is 14.7. The number of benzene rings is 1. The van der Waals surface area contributed by atoms with Gasteiger partial charge in [-0.1, -0.05) is 0 Å². The van der Waals surface area contributed by atoms with E-state index in [1.165, 1.54) is 10.6 Å². The maximum absolute atomic E-state index is 5.83. The van der Waals surface area contributed by atoms with E-state index in [9.17, 15) is 0 Å². The molecule has 0 saturated carbocycles. The van der Waals surface area contributed by atoms with Gasteiger partial charge in [0.1, 0.15) is 0 Å². The molecule has 0 saturated heterocycles. The predicted octanol–water partition coefficient (Wildman–Crippen LogP) is 3.20. The largest absolute Gasteiger partial charge is 0.493 e. The van der Waals surface area contributed by atoms with Gasteiger partial charge >= 0.3 is 0 Å². The Hall–Kier alpha value is -2.05. The van der Waals surface area contributed by atoms with Crippen molar-refractivity contribution in [2.45, 2.75) is 20.3 Å². The highest BCUT2D eigenvalue weighted by atomic mass is 32.1. The normalized spacial score (nSPS) is 11.2. The van der Waals surface area contributed by atoms with Crippen LogP contribution >= 0.6 is 11.3 Å². The molecule has 1 aromatic carbocycles. The fourth-order valence-electron chi connectivity index (χ4n) is 2.80. The Morgan fingerprint density at radius 2 is 1.91 bits per heavy atom. The summed E-state index contributed by atoms with van der Waals surface area (Å²) in [6.45, 7) is 4.83. The summed E-state index contributed by atoms with van der Waals surface area (Å²) in [5.74, 6) is 1.41. The van der Waals surface area contributed by atoms with Crippen molar-refractivity contribution in [3.05, 3.63) is 34.5 Å². The lowest BCUT2D eigenvalue weighted by atomic mass is 10.1. The molecule has 0 bridgehead atoms. The quantitative estimate of drug-likeness (QED) is 0.780. The Morgan fingerprint density at radius 3 is 2.57 bits per heavy atom. The predicted molar refractivity (Wildman–Crippen MR) is 93.8 cm³/mol. The molecule has 0 aliphatic carbocycles. The van der Waals surface area contributed by atoms with Crippen molar-refractivity contribution < 1.29 is 9.47 Å². The Kier molecular flexibility index (Phi) is 4.28. The lowest BCUT2D eigenvalue weighted by Gasteiger charge is -2.10. The van der Waals surface area contributed by atoms with Gasteiger partial charge < -0.3 is 15.2 Å². The summed E-state index contributed by atoms with van der Waals surface area (Å²) < 4.78 is 13.0. The van der Waals surface area contributed by atoms with E-state index in [0.717, 1.165) is 28.3 Å². The van der Waals surface area contributed by atoms with Crippen LogP contribution in [-0.4, -0.2) is 30.1 Å². The number of imidazole rings is 1. The summed E-state index contributed by atoms with van der Waals surface area (Å²) in [6, 6.07) is 5.88. The minimum atomic E-state index is 0.586. The number of ether oxygens (including phenoxy) is 2. The molecule has 2 heterocycles. The molecular weight excluding hydrogens is 310 g/mol. The third-order valence-corrected chi connectivity index (χ3v) is 5.13. The number of nitrogens with two attached hydrogens (primary N) is 1.